The molecule has 36 heavy (non-hydrogen) atoms. The van der Waals surface area contributed by atoms with E-state index in [1.54, 1.807) is 12.3 Å². The smallest absolute Gasteiger partial charge is 0.416 e. The maximum atomic E-state index is 13.4. The van der Waals surface area contributed by atoms with Crippen molar-refractivity contribution in [3.8, 4) is 5.69 Å². The molecular weight excluding hydrogens is 489 g/mol. The predicted octanol–water partition coefficient (Wildman–Crippen LogP) is 5.43. The number of ether oxygens (including phenoxy) is 1. The highest BCUT2D eigenvalue weighted by atomic mass is 32.1. The van der Waals surface area contributed by atoms with Gasteiger partial charge in [0.05, 0.1) is 30.5 Å². The molecule has 1 aromatic carbocycles. The van der Waals surface area contributed by atoms with E-state index in [9.17, 15) is 18.0 Å². The zero-order valence-corrected chi connectivity index (χ0v) is 21.0. The lowest BCUT2D eigenvalue weighted by Crippen LogP contribution is -2.31. The van der Waals surface area contributed by atoms with Crippen molar-refractivity contribution in [3.63, 3.8) is 0 Å². The summed E-state index contributed by atoms with van der Waals surface area (Å²) in [7, 11) is 1.35. The first-order valence-electron chi connectivity index (χ1n) is 11.5. The van der Waals surface area contributed by atoms with E-state index in [-0.39, 0.29) is 24.5 Å². The van der Waals surface area contributed by atoms with E-state index in [0.717, 1.165) is 34.8 Å². The van der Waals surface area contributed by atoms with Gasteiger partial charge in [-0.05, 0) is 74.4 Å². The first-order valence-corrected chi connectivity index (χ1v) is 11.9. The molecule has 10 heteroatoms. The van der Waals surface area contributed by atoms with Gasteiger partial charge in [-0.3, -0.25) is 9.78 Å². The Labute approximate surface area is 213 Å². The van der Waals surface area contributed by atoms with Crippen LogP contribution in [0, 0.1) is 13.8 Å². The summed E-state index contributed by atoms with van der Waals surface area (Å²) in [6, 6.07) is 12.4. The second-order valence-electron chi connectivity index (χ2n) is 8.71. The third kappa shape index (κ3) is 5.09. The van der Waals surface area contributed by atoms with Gasteiger partial charge in [0.25, 0.3) is 0 Å². The van der Waals surface area contributed by atoms with Crippen molar-refractivity contribution in [1.29, 1.82) is 0 Å². The molecule has 0 amide bonds. The molecule has 4 rings (SSSR count). The normalized spacial score (nSPS) is 17.8. The number of halogens is 3. The molecule has 0 radical (unpaired) electrons. The summed E-state index contributed by atoms with van der Waals surface area (Å²) in [4.78, 5) is 18.2. The quantitative estimate of drug-likeness (QED) is 0.334. The number of nitrogens with zero attached hydrogens (tertiary/aromatic N) is 3. The molecule has 3 aromatic rings. The van der Waals surface area contributed by atoms with Gasteiger partial charge in [-0.25, -0.2) is 0 Å². The number of methoxy groups -OCH3 is 1. The van der Waals surface area contributed by atoms with Crippen molar-refractivity contribution < 1.29 is 22.7 Å². The molecule has 3 heterocycles. The third-order valence-electron chi connectivity index (χ3n) is 6.43. The first-order chi connectivity index (χ1) is 17.1. The van der Waals surface area contributed by atoms with Crippen LogP contribution in [0.1, 0.15) is 53.1 Å². The van der Waals surface area contributed by atoms with E-state index in [1.165, 1.54) is 13.2 Å². The molecule has 1 N–H and O–H groups in total. The van der Waals surface area contributed by atoms with Crippen molar-refractivity contribution in [2.45, 2.75) is 44.9 Å². The fourth-order valence-corrected chi connectivity index (χ4v) is 5.12. The Morgan fingerprint density at radius 2 is 1.94 bits per heavy atom. The fourth-order valence-electron chi connectivity index (χ4n) is 4.79. The first kappa shape index (κ1) is 25.7. The van der Waals surface area contributed by atoms with Gasteiger partial charge in [0.15, 0.2) is 5.11 Å². The van der Waals surface area contributed by atoms with E-state index in [0.29, 0.717) is 23.8 Å². The van der Waals surface area contributed by atoms with Gasteiger partial charge in [-0.2, -0.15) is 13.2 Å². The molecule has 0 spiro atoms. The number of carbonyl (C=O) groups excluding carboxylic acids is 1. The number of aryl methyl sites for hydroxylation is 1. The second kappa shape index (κ2) is 10.3. The standard InChI is InChI=1S/C26H27F3N4O2S/c1-16-14-20(17(2)33(16)19-9-6-8-18(15-19)26(27,28)29)24-23(21-10-4-5-12-30-21)31-25(36)32(24)13-7-11-22(34)35-3/h4-6,8-10,12,14-15,23-24H,7,11,13H2,1-3H3,(H,31,36)/t23-,24+/m1/s1. The number of hydrogen-bond donors (Lipinski definition) is 1. The van der Waals surface area contributed by atoms with Gasteiger partial charge in [0.1, 0.15) is 0 Å². The molecule has 0 saturated carbocycles. The Morgan fingerprint density at radius 3 is 2.61 bits per heavy atom. The monoisotopic (exact) mass is 516 g/mol. The lowest BCUT2D eigenvalue weighted by Gasteiger charge is -2.28. The van der Waals surface area contributed by atoms with Crippen LogP contribution in [0.3, 0.4) is 0 Å². The highest BCUT2D eigenvalue weighted by Crippen LogP contribution is 2.42. The lowest BCUT2D eigenvalue weighted by molar-refractivity contribution is -0.141. The molecule has 0 bridgehead atoms. The number of esters is 1. The topological polar surface area (TPSA) is 59.4 Å². The summed E-state index contributed by atoms with van der Waals surface area (Å²) < 4.78 is 46.8. The molecule has 1 fully saturated rings. The summed E-state index contributed by atoms with van der Waals surface area (Å²) >= 11 is 5.68. The molecule has 1 aliphatic rings. The molecule has 6 nitrogen and oxygen atoms in total. The van der Waals surface area contributed by atoms with Crippen molar-refractivity contribution >= 4 is 23.3 Å². The predicted molar refractivity (Wildman–Crippen MR) is 134 cm³/mol. The molecule has 0 aliphatic carbocycles. The SMILES string of the molecule is COC(=O)CCCN1C(=S)N[C@H](c2ccccn2)[C@@H]1c1cc(C)n(-c2cccc(C(F)(F)F)c2)c1C. The number of thiocarbonyl (C=S) groups is 1. The molecule has 2 atom stereocenters. The molecule has 1 saturated heterocycles. The van der Waals surface area contributed by atoms with Gasteiger partial charge >= 0.3 is 12.1 Å². The average molecular weight is 517 g/mol. The van der Waals surface area contributed by atoms with Crippen LogP contribution in [0.15, 0.2) is 54.7 Å². The molecule has 2 aromatic heterocycles. The Bertz CT molecular complexity index is 1260. The zero-order valence-electron chi connectivity index (χ0n) is 20.2. The minimum Gasteiger partial charge on any atom is -0.469 e. The number of nitrogens with one attached hydrogen (secondary N) is 1. The van der Waals surface area contributed by atoms with Crippen LogP contribution in [0.2, 0.25) is 0 Å². The van der Waals surface area contributed by atoms with Crippen molar-refractivity contribution in [1.82, 2.24) is 19.8 Å². The number of hydrogen-bond acceptors (Lipinski definition) is 4. The summed E-state index contributed by atoms with van der Waals surface area (Å²) in [6.07, 6.45) is -1.94. The third-order valence-corrected chi connectivity index (χ3v) is 6.78. The average Bonchev–Trinajstić information content (AvgIpc) is 3.33. The lowest BCUT2D eigenvalue weighted by atomic mass is 9.96. The van der Waals surface area contributed by atoms with E-state index < -0.39 is 11.7 Å². The number of benzene rings is 1. The Kier molecular flexibility index (Phi) is 7.35. The maximum absolute atomic E-state index is 13.4. The molecule has 0 unspecified atom stereocenters. The summed E-state index contributed by atoms with van der Waals surface area (Å²) in [5.41, 5.74) is 3.06. The van der Waals surface area contributed by atoms with Gasteiger partial charge < -0.3 is 19.5 Å². The van der Waals surface area contributed by atoms with Crippen LogP contribution in [-0.2, 0) is 15.7 Å². The van der Waals surface area contributed by atoms with Crippen LogP contribution in [0.25, 0.3) is 5.69 Å². The summed E-state index contributed by atoms with van der Waals surface area (Å²) in [5.74, 6) is -0.298. The highest BCUT2D eigenvalue weighted by Gasteiger charge is 2.41. The van der Waals surface area contributed by atoms with Crippen LogP contribution in [-0.4, -0.2) is 39.2 Å². The van der Waals surface area contributed by atoms with Gasteiger partial charge in [0.2, 0.25) is 0 Å². The van der Waals surface area contributed by atoms with Crippen LogP contribution < -0.4 is 5.32 Å². The van der Waals surface area contributed by atoms with Crippen LogP contribution >= 0.6 is 12.2 Å². The van der Waals surface area contributed by atoms with Crippen molar-refractivity contribution in [2.24, 2.45) is 0 Å². The fraction of sp³-hybridized carbons (Fsp3) is 0.346. The van der Waals surface area contributed by atoms with Gasteiger partial charge in [0, 0.05) is 36.2 Å². The van der Waals surface area contributed by atoms with Crippen LogP contribution in [0.5, 0.6) is 0 Å². The number of aromatic nitrogens is 2. The van der Waals surface area contributed by atoms with Gasteiger partial charge in [-0.1, -0.05) is 12.1 Å². The van der Waals surface area contributed by atoms with E-state index in [1.807, 2.05) is 47.6 Å². The van der Waals surface area contributed by atoms with Crippen molar-refractivity contribution in [2.75, 3.05) is 13.7 Å². The Morgan fingerprint density at radius 1 is 1.17 bits per heavy atom. The number of alkyl halides is 3. The van der Waals surface area contributed by atoms with E-state index in [4.69, 9.17) is 17.0 Å². The molecular formula is C26H27F3N4O2S. The molecule has 190 valence electrons. The number of pyridine rings is 1. The minimum atomic E-state index is -4.43. The number of rotatable bonds is 7. The van der Waals surface area contributed by atoms with Crippen molar-refractivity contribution in [3.05, 3.63) is 82.9 Å². The highest BCUT2D eigenvalue weighted by molar-refractivity contribution is 7.80. The van der Waals surface area contributed by atoms with Crippen LogP contribution in [0.4, 0.5) is 13.2 Å². The van der Waals surface area contributed by atoms with E-state index >= 15 is 0 Å². The largest absolute Gasteiger partial charge is 0.469 e. The zero-order chi connectivity index (χ0) is 26.0. The Hall–Kier alpha value is -3.40. The summed E-state index contributed by atoms with van der Waals surface area (Å²) in [5, 5.41) is 3.90. The second-order valence-corrected chi connectivity index (χ2v) is 9.10. The Balaban J connectivity index is 1.76. The van der Waals surface area contributed by atoms with Gasteiger partial charge in [-0.15, -0.1) is 0 Å². The number of carbonyl (C=O) groups is 1. The summed E-state index contributed by atoms with van der Waals surface area (Å²) in [6.45, 7) is 4.27. The maximum Gasteiger partial charge on any atom is 0.416 e. The molecule has 1 aliphatic heterocycles. The minimum absolute atomic E-state index is 0.250. The van der Waals surface area contributed by atoms with E-state index in [2.05, 4.69) is 10.3 Å².